The molecule has 0 aromatic rings. The first-order chi connectivity index (χ1) is 5.41. The smallest absolute Gasteiger partial charge is 0.107 e. The molecule has 0 atom stereocenters. The molecule has 0 aromatic heterocycles. The minimum absolute atomic E-state index is 0.398. The second kappa shape index (κ2) is 9.48. The molecular formula is C9H15O2. The van der Waals surface area contributed by atoms with Crippen LogP contribution in [-0.2, 0) is 9.47 Å². The lowest BCUT2D eigenvalue weighted by Crippen LogP contribution is -2.01. The van der Waals surface area contributed by atoms with E-state index in [1.165, 1.54) is 0 Å². The zero-order chi connectivity index (χ0) is 8.36. The molecule has 0 rings (SSSR count). The van der Waals surface area contributed by atoms with Gasteiger partial charge in [0.25, 0.3) is 0 Å². The summed E-state index contributed by atoms with van der Waals surface area (Å²) in [6, 6.07) is 0. The van der Waals surface area contributed by atoms with E-state index >= 15 is 0 Å². The van der Waals surface area contributed by atoms with Gasteiger partial charge in [0.1, 0.15) is 6.61 Å². The van der Waals surface area contributed by atoms with Crippen molar-refractivity contribution in [2.45, 2.75) is 12.8 Å². The van der Waals surface area contributed by atoms with E-state index < -0.39 is 0 Å². The highest BCUT2D eigenvalue weighted by atomic mass is 16.5. The number of rotatable bonds is 7. The van der Waals surface area contributed by atoms with E-state index in [1.54, 1.807) is 0 Å². The minimum Gasteiger partial charge on any atom is -0.381 e. The maximum Gasteiger partial charge on any atom is 0.107 e. The molecule has 63 valence electrons. The Hall–Kier alpha value is -0.520. The Balaban J connectivity index is 2.75. The van der Waals surface area contributed by atoms with Crippen LogP contribution in [0, 0.1) is 19.3 Å². The molecule has 0 spiro atoms. The van der Waals surface area contributed by atoms with Crippen LogP contribution in [0.2, 0.25) is 0 Å². The fraction of sp³-hybridized carbons (Fsp3) is 0.667. The van der Waals surface area contributed by atoms with Gasteiger partial charge in [0.15, 0.2) is 0 Å². The molecule has 0 aliphatic carbocycles. The van der Waals surface area contributed by atoms with E-state index in [0.717, 1.165) is 26.1 Å². The average molecular weight is 155 g/mol. The molecule has 0 saturated carbocycles. The summed E-state index contributed by atoms with van der Waals surface area (Å²) in [7, 11) is 0. The Morgan fingerprint density at radius 1 is 1.18 bits per heavy atom. The summed E-state index contributed by atoms with van der Waals surface area (Å²) >= 11 is 0. The van der Waals surface area contributed by atoms with Gasteiger partial charge in [-0.25, -0.2) is 0 Å². The lowest BCUT2D eigenvalue weighted by Gasteiger charge is -2.01. The normalized spacial score (nSPS) is 9.45. The van der Waals surface area contributed by atoms with Crippen LogP contribution < -0.4 is 0 Å². The third-order valence-corrected chi connectivity index (χ3v) is 1.05. The molecule has 0 amide bonds. The Morgan fingerprint density at radius 2 is 1.91 bits per heavy atom. The zero-order valence-corrected chi connectivity index (χ0v) is 6.84. The summed E-state index contributed by atoms with van der Waals surface area (Å²) < 4.78 is 10.2. The third-order valence-electron chi connectivity index (χ3n) is 1.05. The van der Waals surface area contributed by atoms with Crippen molar-refractivity contribution in [3.63, 3.8) is 0 Å². The van der Waals surface area contributed by atoms with Crippen molar-refractivity contribution in [3.8, 4) is 12.3 Å². The molecule has 2 heteroatoms. The maximum atomic E-state index is 5.17. The van der Waals surface area contributed by atoms with E-state index in [9.17, 15) is 0 Å². The van der Waals surface area contributed by atoms with Crippen LogP contribution in [0.25, 0.3) is 0 Å². The SMILES string of the molecule is C#CCOCCCOCC[CH2]. The van der Waals surface area contributed by atoms with Crippen LogP contribution in [0.3, 0.4) is 0 Å². The van der Waals surface area contributed by atoms with E-state index in [1.807, 2.05) is 0 Å². The summed E-state index contributed by atoms with van der Waals surface area (Å²) in [4.78, 5) is 0. The predicted molar refractivity (Wildman–Crippen MR) is 45.1 cm³/mol. The summed E-state index contributed by atoms with van der Waals surface area (Å²) in [6.07, 6.45) is 6.71. The van der Waals surface area contributed by atoms with Gasteiger partial charge in [-0.05, 0) is 12.8 Å². The largest absolute Gasteiger partial charge is 0.381 e. The third kappa shape index (κ3) is 9.48. The molecule has 1 radical (unpaired) electrons. The molecule has 0 saturated heterocycles. The molecule has 0 aromatic carbocycles. The Kier molecular flexibility index (Phi) is 9.03. The molecule has 11 heavy (non-hydrogen) atoms. The van der Waals surface area contributed by atoms with Crippen LogP contribution in [0.15, 0.2) is 0 Å². The van der Waals surface area contributed by atoms with Crippen molar-refractivity contribution < 1.29 is 9.47 Å². The molecule has 0 aliphatic heterocycles. The summed E-state index contributed by atoms with van der Waals surface area (Å²) in [5.41, 5.74) is 0. The first kappa shape index (κ1) is 10.5. The van der Waals surface area contributed by atoms with Gasteiger partial charge in [0.05, 0.1) is 6.61 Å². The first-order valence-electron chi connectivity index (χ1n) is 3.80. The monoisotopic (exact) mass is 155 g/mol. The van der Waals surface area contributed by atoms with Gasteiger partial charge in [-0.15, -0.1) is 6.42 Å². The van der Waals surface area contributed by atoms with E-state index in [0.29, 0.717) is 13.2 Å². The second-order valence-electron chi connectivity index (χ2n) is 2.08. The highest BCUT2D eigenvalue weighted by molar-refractivity contribution is 4.82. The molecule has 0 heterocycles. The molecular weight excluding hydrogens is 140 g/mol. The van der Waals surface area contributed by atoms with Crippen molar-refractivity contribution in [1.82, 2.24) is 0 Å². The summed E-state index contributed by atoms with van der Waals surface area (Å²) in [5, 5.41) is 0. The minimum atomic E-state index is 0.398. The van der Waals surface area contributed by atoms with Gasteiger partial charge in [-0.3, -0.25) is 0 Å². The van der Waals surface area contributed by atoms with Gasteiger partial charge in [-0.2, -0.15) is 0 Å². The number of hydrogen-bond donors (Lipinski definition) is 0. The Morgan fingerprint density at radius 3 is 2.55 bits per heavy atom. The molecule has 2 nitrogen and oxygen atoms in total. The van der Waals surface area contributed by atoms with Crippen LogP contribution in [-0.4, -0.2) is 26.4 Å². The molecule has 0 unspecified atom stereocenters. The average Bonchev–Trinajstić information content (AvgIpc) is 2.03. The number of terminal acetylenes is 1. The van der Waals surface area contributed by atoms with Gasteiger partial charge >= 0.3 is 0 Å². The van der Waals surface area contributed by atoms with E-state index in [4.69, 9.17) is 15.9 Å². The zero-order valence-electron chi connectivity index (χ0n) is 6.84. The molecule has 0 aliphatic rings. The van der Waals surface area contributed by atoms with Crippen molar-refractivity contribution in [2.75, 3.05) is 26.4 Å². The van der Waals surface area contributed by atoms with Crippen LogP contribution in [0.4, 0.5) is 0 Å². The number of hydrogen-bond acceptors (Lipinski definition) is 2. The van der Waals surface area contributed by atoms with Crippen molar-refractivity contribution in [3.05, 3.63) is 6.92 Å². The Bertz CT molecular complexity index is 105. The van der Waals surface area contributed by atoms with Crippen molar-refractivity contribution in [2.24, 2.45) is 0 Å². The summed E-state index contributed by atoms with van der Waals surface area (Å²) in [5.74, 6) is 2.40. The first-order valence-corrected chi connectivity index (χ1v) is 3.80. The van der Waals surface area contributed by atoms with Gasteiger partial charge in [0.2, 0.25) is 0 Å². The summed E-state index contributed by atoms with van der Waals surface area (Å²) in [6.45, 7) is 6.20. The van der Waals surface area contributed by atoms with Crippen molar-refractivity contribution in [1.29, 1.82) is 0 Å². The van der Waals surface area contributed by atoms with Crippen molar-refractivity contribution >= 4 is 0 Å². The molecule has 0 fully saturated rings. The fourth-order valence-corrected chi connectivity index (χ4v) is 0.598. The van der Waals surface area contributed by atoms with Gasteiger partial charge in [0, 0.05) is 13.2 Å². The second-order valence-corrected chi connectivity index (χ2v) is 2.08. The fourth-order valence-electron chi connectivity index (χ4n) is 0.598. The van der Waals surface area contributed by atoms with E-state index in [2.05, 4.69) is 12.8 Å². The van der Waals surface area contributed by atoms with Gasteiger partial charge in [-0.1, -0.05) is 12.8 Å². The molecule has 0 bridgehead atoms. The lowest BCUT2D eigenvalue weighted by molar-refractivity contribution is 0.0968. The van der Waals surface area contributed by atoms with Crippen LogP contribution in [0.1, 0.15) is 12.8 Å². The maximum absolute atomic E-state index is 5.17. The predicted octanol–water partition coefficient (Wildman–Crippen LogP) is 1.27. The highest BCUT2D eigenvalue weighted by Gasteiger charge is 1.87. The van der Waals surface area contributed by atoms with Crippen LogP contribution >= 0.6 is 0 Å². The topological polar surface area (TPSA) is 18.5 Å². The lowest BCUT2D eigenvalue weighted by atomic mass is 10.5. The van der Waals surface area contributed by atoms with E-state index in [-0.39, 0.29) is 0 Å². The number of ether oxygens (including phenoxy) is 2. The highest BCUT2D eigenvalue weighted by Crippen LogP contribution is 1.86. The molecule has 0 N–H and O–H groups in total. The van der Waals surface area contributed by atoms with Gasteiger partial charge < -0.3 is 9.47 Å². The Labute approximate surface area is 68.9 Å². The quantitative estimate of drug-likeness (QED) is 0.407. The van der Waals surface area contributed by atoms with Crippen LogP contribution in [0.5, 0.6) is 0 Å². The standard InChI is InChI=1S/C9H15O2/c1-3-6-10-8-5-9-11-7-4-2/h1H,2,4-9H2.